The molecule has 0 fully saturated rings. The van der Waals surface area contributed by atoms with E-state index in [4.69, 9.17) is 4.74 Å². The Morgan fingerprint density at radius 1 is 1.00 bits per heavy atom. The van der Waals surface area contributed by atoms with Gasteiger partial charge in [0.15, 0.2) is 0 Å². The molecule has 0 spiro atoms. The molecule has 2 aromatic rings. The summed E-state index contributed by atoms with van der Waals surface area (Å²) in [5.74, 6) is -2.87. The highest BCUT2D eigenvalue weighted by atomic mass is 16.7. The van der Waals surface area contributed by atoms with Crippen LogP contribution in [0, 0.1) is 0 Å². The maximum atomic E-state index is 12.2. The minimum Gasteiger partial charge on any atom is -0.480 e. The van der Waals surface area contributed by atoms with Crippen molar-refractivity contribution in [3.63, 3.8) is 0 Å². The zero-order valence-electron chi connectivity index (χ0n) is 17.0. The van der Waals surface area contributed by atoms with Gasteiger partial charge in [-0.25, -0.2) is 14.4 Å². The first-order valence-electron chi connectivity index (χ1n) is 9.73. The summed E-state index contributed by atoms with van der Waals surface area (Å²) in [6.07, 6.45) is -1.82. The van der Waals surface area contributed by atoms with Crippen molar-refractivity contribution in [3.8, 4) is 11.1 Å². The molecule has 1 aliphatic carbocycles. The van der Waals surface area contributed by atoms with E-state index in [-0.39, 0.29) is 19.1 Å². The van der Waals surface area contributed by atoms with Gasteiger partial charge in [0.05, 0.1) is 6.42 Å². The molecule has 0 saturated carbocycles. The Morgan fingerprint density at radius 2 is 1.59 bits per heavy atom. The molecule has 0 aliphatic heterocycles. The molecule has 0 radical (unpaired) electrons. The van der Waals surface area contributed by atoms with Crippen LogP contribution in [0.2, 0.25) is 0 Å². The number of nitrogens with one attached hydrogen (secondary N) is 1. The smallest absolute Gasteiger partial charge is 0.480 e. The van der Waals surface area contributed by atoms with Gasteiger partial charge in [-0.05, 0) is 22.3 Å². The number of fused-ring (bicyclic) bond motifs is 3. The highest BCUT2D eigenvalue weighted by Crippen LogP contribution is 2.44. The summed E-state index contributed by atoms with van der Waals surface area (Å²) >= 11 is 0. The van der Waals surface area contributed by atoms with Crippen molar-refractivity contribution in [1.82, 2.24) is 5.32 Å². The Bertz CT molecular complexity index is 1000. The fourth-order valence-electron chi connectivity index (χ4n) is 3.44. The van der Waals surface area contributed by atoms with Crippen LogP contribution in [0.4, 0.5) is 9.59 Å². The number of benzene rings is 2. The minimum absolute atomic E-state index is 0.0233. The third kappa shape index (κ3) is 5.31. The summed E-state index contributed by atoms with van der Waals surface area (Å²) in [7, 11) is 0. The third-order valence-electron chi connectivity index (χ3n) is 4.82. The predicted octanol–water partition coefficient (Wildman–Crippen LogP) is 3.23. The highest BCUT2D eigenvalue weighted by Gasteiger charge is 2.30. The van der Waals surface area contributed by atoms with Crippen molar-refractivity contribution in [2.45, 2.75) is 18.4 Å². The van der Waals surface area contributed by atoms with E-state index in [2.05, 4.69) is 21.4 Å². The normalized spacial score (nSPS) is 12.6. The number of carboxylic acids is 1. The van der Waals surface area contributed by atoms with E-state index in [0.29, 0.717) is 0 Å². The van der Waals surface area contributed by atoms with E-state index in [1.54, 1.807) is 0 Å². The number of esters is 1. The van der Waals surface area contributed by atoms with Crippen LogP contribution in [0.1, 0.15) is 23.5 Å². The van der Waals surface area contributed by atoms with E-state index >= 15 is 0 Å². The number of carbonyl (C=O) groups excluding carboxylic acids is 3. The van der Waals surface area contributed by atoms with Gasteiger partial charge in [0.2, 0.25) is 0 Å². The quantitative estimate of drug-likeness (QED) is 0.364. The molecule has 0 aromatic heterocycles. The molecule has 9 heteroatoms. The van der Waals surface area contributed by atoms with Crippen molar-refractivity contribution in [1.29, 1.82) is 0 Å². The van der Waals surface area contributed by atoms with Gasteiger partial charge in [-0.2, -0.15) is 0 Å². The molecule has 0 saturated heterocycles. The Labute approximate surface area is 183 Å². The van der Waals surface area contributed by atoms with E-state index in [1.807, 2.05) is 48.5 Å². The number of carbonyl (C=O) groups is 4. The molecule has 3 rings (SSSR count). The number of amides is 1. The Balaban J connectivity index is 1.58. The fraction of sp³-hybridized carbons (Fsp3) is 0.217. The first-order valence-corrected chi connectivity index (χ1v) is 9.73. The van der Waals surface area contributed by atoms with Crippen molar-refractivity contribution >= 4 is 24.2 Å². The molecule has 1 amide bonds. The van der Waals surface area contributed by atoms with Gasteiger partial charge in [0.25, 0.3) is 0 Å². The van der Waals surface area contributed by atoms with E-state index in [1.165, 1.54) is 6.08 Å². The number of rotatable bonds is 8. The largest absolute Gasteiger partial charge is 0.516 e. The summed E-state index contributed by atoms with van der Waals surface area (Å²) in [5.41, 5.74) is 4.09. The predicted molar refractivity (Wildman–Crippen MR) is 112 cm³/mol. The molecule has 1 atom stereocenters. The highest BCUT2D eigenvalue weighted by molar-refractivity contribution is 5.88. The van der Waals surface area contributed by atoms with E-state index in [0.717, 1.165) is 22.3 Å². The molecule has 32 heavy (non-hydrogen) atoms. The van der Waals surface area contributed by atoms with Gasteiger partial charge in [-0.3, -0.25) is 4.79 Å². The van der Waals surface area contributed by atoms with Crippen molar-refractivity contribution in [2.24, 2.45) is 0 Å². The number of aliphatic carboxylic acids is 1. The van der Waals surface area contributed by atoms with Crippen LogP contribution in [-0.4, -0.2) is 48.5 Å². The van der Waals surface area contributed by atoms with Gasteiger partial charge in [-0.1, -0.05) is 61.2 Å². The van der Waals surface area contributed by atoms with Crippen LogP contribution in [0.5, 0.6) is 0 Å². The summed E-state index contributed by atoms with van der Waals surface area (Å²) < 4.78 is 14.1. The standard InChI is InChI=1S/C23H21NO8/c1-2-11-30-23(29)32-20(25)12-19(21(26)27)24-22(28)31-13-18-16-9-5-3-7-14(16)15-8-4-6-10-17(15)18/h2-10,18-19H,1,11-13H2,(H,24,28)(H,26,27). The van der Waals surface area contributed by atoms with Gasteiger partial charge in [-0.15, -0.1) is 0 Å². The number of ether oxygens (including phenoxy) is 3. The fourth-order valence-corrected chi connectivity index (χ4v) is 3.44. The maximum Gasteiger partial charge on any atom is 0.516 e. The lowest BCUT2D eigenvalue weighted by molar-refractivity contribution is -0.147. The maximum absolute atomic E-state index is 12.2. The number of hydrogen-bond acceptors (Lipinski definition) is 7. The molecule has 0 bridgehead atoms. The van der Waals surface area contributed by atoms with Crippen molar-refractivity contribution in [3.05, 3.63) is 72.3 Å². The molecule has 1 aliphatic rings. The molecular weight excluding hydrogens is 418 g/mol. The zero-order chi connectivity index (χ0) is 23.1. The number of carboxylic acid groups (broad SMARTS) is 1. The first kappa shape index (κ1) is 22.5. The molecule has 2 N–H and O–H groups in total. The van der Waals surface area contributed by atoms with Gasteiger partial charge < -0.3 is 24.6 Å². The second-order valence-electron chi connectivity index (χ2n) is 6.89. The monoisotopic (exact) mass is 439 g/mol. The molecule has 9 nitrogen and oxygen atoms in total. The Kier molecular flexibility index (Phi) is 7.22. The molecule has 166 valence electrons. The SMILES string of the molecule is C=CCOC(=O)OC(=O)CC(NC(=O)OCC1c2ccccc2-c2ccccc21)C(=O)O. The van der Waals surface area contributed by atoms with Crippen LogP contribution < -0.4 is 5.32 Å². The van der Waals surface area contributed by atoms with Crippen LogP contribution in [0.15, 0.2) is 61.2 Å². The average molecular weight is 439 g/mol. The third-order valence-corrected chi connectivity index (χ3v) is 4.82. The number of alkyl carbamates (subject to hydrolysis) is 1. The van der Waals surface area contributed by atoms with Crippen LogP contribution >= 0.6 is 0 Å². The molecule has 0 heterocycles. The minimum atomic E-state index is -1.65. The van der Waals surface area contributed by atoms with Gasteiger partial charge in [0, 0.05) is 5.92 Å². The number of hydrogen-bond donors (Lipinski definition) is 2. The van der Waals surface area contributed by atoms with Crippen LogP contribution in [-0.2, 0) is 23.8 Å². The van der Waals surface area contributed by atoms with Gasteiger partial charge >= 0.3 is 24.2 Å². The lowest BCUT2D eigenvalue weighted by Gasteiger charge is -2.17. The van der Waals surface area contributed by atoms with Gasteiger partial charge in [0.1, 0.15) is 19.3 Å². The van der Waals surface area contributed by atoms with Crippen molar-refractivity contribution < 1.29 is 38.5 Å². The van der Waals surface area contributed by atoms with Crippen molar-refractivity contribution in [2.75, 3.05) is 13.2 Å². The zero-order valence-corrected chi connectivity index (χ0v) is 17.0. The summed E-state index contributed by atoms with van der Waals surface area (Å²) in [4.78, 5) is 46.7. The Hall–Kier alpha value is -4.14. The van der Waals surface area contributed by atoms with Crippen LogP contribution in [0.25, 0.3) is 11.1 Å². The molecular formula is C23H21NO8. The summed E-state index contributed by atoms with van der Waals surface area (Å²) in [6.45, 7) is 3.13. The topological polar surface area (TPSA) is 128 Å². The van der Waals surface area contributed by atoms with E-state index < -0.39 is 36.6 Å². The molecule has 2 aromatic carbocycles. The lowest BCUT2D eigenvalue weighted by atomic mass is 9.98. The van der Waals surface area contributed by atoms with Crippen LogP contribution in [0.3, 0.4) is 0 Å². The summed E-state index contributed by atoms with van der Waals surface area (Å²) in [6, 6.07) is 13.9. The first-order chi connectivity index (χ1) is 15.4. The average Bonchev–Trinajstić information content (AvgIpc) is 3.09. The van der Waals surface area contributed by atoms with E-state index in [9.17, 15) is 24.3 Å². The molecule has 1 unspecified atom stereocenters. The summed E-state index contributed by atoms with van der Waals surface area (Å²) in [5, 5.41) is 11.4. The second-order valence-corrected chi connectivity index (χ2v) is 6.89. The lowest BCUT2D eigenvalue weighted by Crippen LogP contribution is -2.43. The Morgan fingerprint density at radius 3 is 2.16 bits per heavy atom. The second kappa shape index (κ2) is 10.3.